The number of aryl methyl sites for hydroxylation is 1. The molecule has 106 valence electrons. The highest BCUT2D eigenvalue weighted by atomic mass is 79.9. The number of halogens is 1. The molecule has 2 nitrogen and oxygen atoms in total. The highest BCUT2D eigenvalue weighted by Gasteiger charge is 2.16. The molecule has 0 amide bonds. The van der Waals surface area contributed by atoms with Gasteiger partial charge in [0.15, 0.2) is 0 Å². The van der Waals surface area contributed by atoms with Crippen molar-refractivity contribution in [2.45, 2.75) is 36.6 Å². The Morgan fingerprint density at radius 3 is 2.45 bits per heavy atom. The van der Waals surface area contributed by atoms with Crippen molar-refractivity contribution in [1.29, 1.82) is 0 Å². The number of pyridine rings is 1. The van der Waals surface area contributed by atoms with E-state index < -0.39 is 0 Å². The van der Waals surface area contributed by atoms with Gasteiger partial charge in [-0.25, -0.2) is 4.98 Å². The van der Waals surface area contributed by atoms with E-state index >= 15 is 0 Å². The van der Waals surface area contributed by atoms with Crippen LogP contribution in [-0.2, 0) is 6.42 Å². The Hall–Kier alpha value is -0.840. The minimum absolute atomic E-state index is 0.0105. The van der Waals surface area contributed by atoms with Gasteiger partial charge in [0.25, 0.3) is 0 Å². The van der Waals surface area contributed by atoms with Gasteiger partial charge in [-0.3, -0.25) is 0 Å². The van der Waals surface area contributed by atoms with Crippen molar-refractivity contribution >= 4 is 27.7 Å². The Balaban J connectivity index is 2.03. The molecule has 0 saturated carbocycles. The number of nitrogens with two attached hydrogens (primary N) is 1. The van der Waals surface area contributed by atoms with Gasteiger partial charge >= 0.3 is 0 Å². The fraction of sp³-hybridized carbons (Fsp3) is 0.312. The molecule has 0 radical (unpaired) electrons. The summed E-state index contributed by atoms with van der Waals surface area (Å²) in [5.74, 6) is 0. The molecule has 0 aliphatic rings. The summed E-state index contributed by atoms with van der Waals surface area (Å²) in [5, 5.41) is 1.28. The molecule has 1 aromatic carbocycles. The average Bonchev–Trinajstić information content (AvgIpc) is 2.49. The number of nitrogens with zero attached hydrogens (tertiary/aromatic N) is 1. The monoisotopic (exact) mass is 350 g/mol. The summed E-state index contributed by atoms with van der Waals surface area (Å²) in [6, 6.07) is 12.6. The summed E-state index contributed by atoms with van der Waals surface area (Å²) in [6.45, 7) is 4.30. The number of thioether (sulfide) groups is 1. The maximum absolute atomic E-state index is 6.35. The smallest absolute Gasteiger partial charge is 0.0963 e. The molecule has 0 fully saturated rings. The first-order valence-corrected chi connectivity index (χ1v) is 8.40. The number of hydrogen-bond acceptors (Lipinski definition) is 3. The zero-order chi connectivity index (χ0) is 14.5. The van der Waals surface area contributed by atoms with E-state index in [1.165, 1.54) is 11.1 Å². The number of aromatic nitrogens is 1. The van der Waals surface area contributed by atoms with Crippen molar-refractivity contribution in [1.82, 2.24) is 4.98 Å². The normalized spacial score (nSPS) is 14.0. The van der Waals surface area contributed by atoms with Crippen LogP contribution in [0.3, 0.4) is 0 Å². The molecule has 0 aliphatic heterocycles. The van der Waals surface area contributed by atoms with Gasteiger partial charge in [-0.1, -0.05) is 38.1 Å². The third-order valence-electron chi connectivity index (χ3n) is 3.29. The lowest BCUT2D eigenvalue weighted by molar-refractivity contribution is 0.713. The summed E-state index contributed by atoms with van der Waals surface area (Å²) in [6.07, 6.45) is 2.87. The molecule has 0 bridgehead atoms. The first-order valence-electron chi connectivity index (χ1n) is 6.72. The van der Waals surface area contributed by atoms with E-state index in [1.807, 2.05) is 18.3 Å². The van der Waals surface area contributed by atoms with Gasteiger partial charge in [0, 0.05) is 22.0 Å². The van der Waals surface area contributed by atoms with E-state index in [4.69, 9.17) is 5.73 Å². The standard InChI is InChI=1S/C16H19BrN2S/c1-3-12-4-6-13(7-5-12)16(18)11(2)20-15-9-8-14(17)10-19-15/h4-11,16H,3,18H2,1-2H3. The molecular formula is C16H19BrN2S. The first-order chi connectivity index (χ1) is 9.60. The summed E-state index contributed by atoms with van der Waals surface area (Å²) in [7, 11) is 0. The fourth-order valence-electron chi connectivity index (χ4n) is 1.94. The molecule has 1 aromatic heterocycles. The largest absolute Gasteiger partial charge is 0.323 e. The van der Waals surface area contributed by atoms with Crippen LogP contribution in [0.5, 0.6) is 0 Å². The molecule has 0 saturated heterocycles. The molecule has 0 spiro atoms. The van der Waals surface area contributed by atoms with Crippen LogP contribution in [0.4, 0.5) is 0 Å². The maximum Gasteiger partial charge on any atom is 0.0963 e. The van der Waals surface area contributed by atoms with Crippen LogP contribution in [0.15, 0.2) is 52.1 Å². The van der Waals surface area contributed by atoms with Gasteiger partial charge in [0.2, 0.25) is 0 Å². The van der Waals surface area contributed by atoms with Crippen LogP contribution in [0.25, 0.3) is 0 Å². The Kier molecular flexibility index (Phi) is 5.64. The zero-order valence-corrected chi connectivity index (χ0v) is 14.1. The molecule has 2 unspecified atom stereocenters. The first kappa shape index (κ1) is 15.5. The lowest BCUT2D eigenvalue weighted by Gasteiger charge is -2.19. The summed E-state index contributed by atoms with van der Waals surface area (Å²) in [4.78, 5) is 4.38. The quantitative estimate of drug-likeness (QED) is 0.801. The van der Waals surface area contributed by atoms with E-state index in [0.717, 1.165) is 15.9 Å². The van der Waals surface area contributed by atoms with Crippen molar-refractivity contribution < 1.29 is 0 Å². The molecule has 2 rings (SSSR count). The van der Waals surface area contributed by atoms with Crippen molar-refractivity contribution in [3.63, 3.8) is 0 Å². The van der Waals surface area contributed by atoms with Crippen molar-refractivity contribution in [2.75, 3.05) is 0 Å². The second-order valence-corrected chi connectivity index (χ2v) is 7.07. The summed E-state index contributed by atoms with van der Waals surface area (Å²) >= 11 is 5.10. The van der Waals surface area contributed by atoms with Gasteiger partial charge in [-0.05, 0) is 45.6 Å². The third-order valence-corrected chi connectivity index (χ3v) is 4.90. The van der Waals surface area contributed by atoms with E-state index in [-0.39, 0.29) is 11.3 Å². The second kappa shape index (κ2) is 7.25. The molecule has 20 heavy (non-hydrogen) atoms. The average molecular weight is 351 g/mol. The van der Waals surface area contributed by atoms with Crippen molar-refractivity contribution in [2.24, 2.45) is 5.73 Å². The van der Waals surface area contributed by atoms with Crippen LogP contribution >= 0.6 is 27.7 Å². The third kappa shape index (κ3) is 4.08. The van der Waals surface area contributed by atoms with Gasteiger partial charge in [0.1, 0.15) is 0 Å². The molecule has 2 aromatic rings. The highest BCUT2D eigenvalue weighted by Crippen LogP contribution is 2.30. The molecule has 4 heteroatoms. The van der Waals surface area contributed by atoms with E-state index in [0.29, 0.717) is 0 Å². The van der Waals surface area contributed by atoms with Gasteiger partial charge in [0.05, 0.1) is 5.03 Å². The van der Waals surface area contributed by atoms with Crippen molar-refractivity contribution in [3.8, 4) is 0 Å². The predicted octanol–water partition coefficient (Wildman–Crippen LogP) is 4.59. The number of benzene rings is 1. The van der Waals surface area contributed by atoms with Crippen LogP contribution in [0.2, 0.25) is 0 Å². The van der Waals surface area contributed by atoms with Crippen molar-refractivity contribution in [3.05, 3.63) is 58.2 Å². The summed E-state index contributed by atoms with van der Waals surface area (Å²) < 4.78 is 0.994. The molecule has 1 heterocycles. The molecule has 2 N–H and O–H groups in total. The van der Waals surface area contributed by atoms with Crippen LogP contribution in [-0.4, -0.2) is 10.2 Å². The SMILES string of the molecule is CCc1ccc(C(N)C(C)Sc2ccc(Br)cn2)cc1. The number of rotatable bonds is 5. The maximum atomic E-state index is 6.35. The lowest BCUT2D eigenvalue weighted by Crippen LogP contribution is -2.21. The van der Waals surface area contributed by atoms with E-state index in [1.54, 1.807) is 11.8 Å². The topological polar surface area (TPSA) is 38.9 Å². The minimum Gasteiger partial charge on any atom is -0.323 e. The van der Waals surface area contributed by atoms with Crippen LogP contribution in [0.1, 0.15) is 31.0 Å². The lowest BCUT2D eigenvalue weighted by atomic mass is 10.0. The molecule has 2 atom stereocenters. The summed E-state index contributed by atoms with van der Waals surface area (Å²) in [5.41, 5.74) is 8.87. The second-order valence-electron chi connectivity index (χ2n) is 4.76. The minimum atomic E-state index is 0.0105. The molecule has 0 aliphatic carbocycles. The Morgan fingerprint density at radius 2 is 1.90 bits per heavy atom. The van der Waals surface area contributed by atoms with Gasteiger partial charge in [-0.15, -0.1) is 11.8 Å². The van der Waals surface area contributed by atoms with Crippen LogP contribution in [0, 0.1) is 0 Å². The number of hydrogen-bond donors (Lipinski definition) is 1. The van der Waals surface area contributed by atoms with Gasteiger partial charge in [-0.2, -0.15) is 0 Å². The van der Waals surface area contributed by atoms with Gasteiger partial charge < -0.3 is 5.73 Å². The Morgan fingerprint density at radius 1 is 1.20 bits per heavy atom. The van der Waals surface area contributed by atoms with E-state index in [9.17, 15) is 0 Å². The fourth-order valence-corrected chi connectivity index (χ4v) is 3.12. The zero-order valence-electron chi connectivity index (χ0n) is 11.7. The van der Waals surface area contributed by atoms with Crippen LogP contribution < -0.4 is 5.73 Å². The molecular weight excluding hydrogens is 332 g/mol. The highest BCUT2D eigenvalue weighted by molar-refractivity contribution is 9.10. The Labute approximate surface area is 133 Å². The predicted molar refractivity (Wildman–Crippen MR) is 90.0 cm³/mol. The Bertz CT molecular complexity index is 539. The van der Waals surface area contributed by atoms with E-state index in [2.05, 4.69) is 59.0 Å².